The average molecular weight is 465 g/mol. The number of esters is 2. The van der Waals surface area contributed by atoms with E-state index in [2.05, 4.69) is 19.9 Å². The maximum atomic E-state index is 12.6. The SMILES string of the molecule is CC(=O)O[C@H]1[C@H]2C[C@H]2[C@H]2[C@@H]3[C@@H](O)C=C4C[C@@H](OC(=O)c5ccccc5)CC[C@]4(C)[C@H]3CC[C@@]21C. The molecule has 5 nitrogen and oxygen atoms in total. The molecule has 0 bridgehead atoms. The van der Waals surface area contributed by atoms with E-state index in [-0.39, 0.29) is 40.9 Å². The molecular weight excluding hydrogens is 428 g/mol. The fourth-order valence-electron chi connectivity index (χ4n) is 8.80. The summed E-state index contributed by atoms with van der Waals surface area (Å²) in [7, 11) is 0. The Morgan fingerprint density at radius 2 is 1.79 bits per heavy atom. The van der Waals surface area contributed by atoms with Gasteiger partial charge in [-0.05, 0) is 79.2 Å². The molecule has 0 aromatic heterocycles. The first-order valence-electron chi connectivity index (χ1n) is 13.0. The Labute approximate surface area is 201 Å². The summed E-state index contributed by atoms with van der Waals surface area (Å²) >= 11 is 0. The molecule has 5 aliphatic carbocycles. The highest BCUT2D eigenvalue weighted by Crippen LogP contribution is 2.73. The third kappa shape index (κ3) is 3.22. The van der Waals surface area contributed by atoms with Crippen LogP contribution in [0.25, 0.3) is 0 Å². The highest BCUT2D eigenvalue weighted by molar-refractivity contribution is 5.89. The van der Waals surface area contributed by atoms with E-state index >= 15 is 0 Å². The Hall–Kier alpha value is -2.14. The molecule has 0 spiro atoms. The number of fused-ring (bicyclic) bond motifs is 7. The Morgan fingerprint density at radius 1 is 1.03 bits per heavy atom. The molecule has 10 atom stereocenters. The summed E-state index contributed by atoms with van der Waals surface area (Å²) in [4.78, 5) is 24.5. The van der Waals surface area contributed by atoms with E-state index < -0.39 is 6.10 Å². The zero-order valence-corrected chi connectivity index (χ0v) is 20.4. The van der Waals surface area contributed by atoms with Crippen LogP contribution in [0.4, 0.5) is 0 Å². The summed E-state index contributed by atoms with van der Waals surface area (Å²) in [5.41, 5.74) is 1.85. The lowest BCUT2D eigenvalue weighted by atomic mass is 9.46. The second kappa shape index (κ2) is 7.68. The maximum Gasteiger partial charge on any atom is 0.338 e. The van der Waals surface area contributed by atoms with Crippen molar-refractivity contribution in [1.29, 1.82) is 0 Å². The molecule has 0 aliphatic heterocycles. The number of ether oxygens (including phenoxy) is 2. The average Bonchev–Trinajstić information content (AvgIpc) is 3.54. The molecule has 5 heteroatoms. The van der Waals surface area contributed by atoms with Gasteiger partial charge in [0.15, 0.2) is 0 Å². The fraction of sp³-hybridized carbons (Fsp3) is 0.655. The first kappa shape index (κ1) is 22.3. The van der Waals surface area contributed by atoms with Gasteiger partial charge < -0.3 is 14.6 Å². The molecule has 0 radical (unpaired) electrons. The first-order valence-corrected chi connectivity index (χ1v) is 13.0. The van der Waals surface area contributed by atoms with E-state index in [0.717, 1.165) is 32.1 Å². The number of aliphatic hydroxyl groups excluding tert-OH is 1. The highest BCUT2D eigenvalue weighted by atomic mass is 16.5. The minimum absolute atomic E-state index is 0.000493. The van der Waals surface area contributed by atoms with Crippen LogP contribution >= 0.6 is 0 Å². The van der Waals surface area contributed by atoms with Gasteiger partial charge >= 0.3 is 11.9 Å². The normalized spacial score (nSPS) is 46.2. The molecule has 1 aromatic carbocycles. The second-order valence-electron chi connectivity index (χ2n) is 12.1. The molecule has 5 aliphatic rings. The molecule has 4 saturated carbocycles. The van der Waals surface area contributed by atoms with Gasteiger partial charge in [-0.2, -0.15) is 0 Å². The lowest BCUT2D eigenvalue weighted by molar-refractivity contribution is -0.164. The van der Waals surface area contributed by atoms with Crippen molar-refractivity contribution in [3.8, 4) is 0 Å². The molecule has 34 heavy (non-hydrogen) atoms. The summed E-state index contributed by atoms with van der Waals surface area (Å²) in [6.45, 7) is 6.21. The van der Waals surface area contributed by atoms with Crippen LogP contribution in [0, 0.1) is 40.4 Å². The lowest BCUT2D eigenvalue weighted by Gasteiger charge is -2.59. The van der Waals surface area contributed by atoms with Crippen molar-refractivity contribution >= 4 is 11.9 Å². The summed E-state index contributed by atoms with van der Waals surface area (Å²) < 4.78 is 11.8. The van der Waals surface area contributed by atoms with Gasteiger partial charge in [0.2, 0.25) is 0 Å². The molecule has 182 valence electrons. The van der Waals surface area contributed by atoms with Crippen LogP contribution in [-0.2, 0) is 14.3 Å². The van der Waals surface area contributed by atoms with E-state index in [1.54, 1.807) is 12.1 Å². The molecule has 0 heterocycles. The van der Waals surface area contributed by atoms with Gasteiger partial charge in [-0.15, -0.1) is 0 Å². The van der Waals surface area contributed by atoms with Crippen LogP contribution in [0.2, 0.25) is 0 Å². The van der Waals surface area contributed by atoms with E-state index in [4.69, 9.17) is 9.47 Å². The van der Waals surface area contributed by atoms with Gasteiger partial charge in [-0.3, -0.25) is 4.79 Å². The molecule has 1 N–H and O–H groups in total. The third-order valence-electron chi connectivity index (χ3n) is 10.4. The first-order chi connectivity index (χ1) is 16.2. The molecule has 0 saturated heterocycles. The Balaban J connectivity index is 1.24. The molecule has 0 amide bonds. The van der Waals surface area contributed by atoms with Crippen LogP contribution in [0.1, 0.15) is 69.7 Å². The maximum absolute atomic E-state index is 12.6. The molecule has 4 fully saturated rings. The van der Waals surface area contributed by atoms with E-state index in [1.807, 2.05) is 18.2 Å². The Morgan fingerprint density at radius 3 is 2.53 bits per heavy atom. The predicted molar refractivity (Wildman–Crippen MR) is 127 cm³/mol. The topological polar surface area (TPSA) is 72.8 Å². The summed E-state index contributed by atoms with van der Waals surface area (Å²) in [6, 6.07) is 9.18. The third-order valence-corrected chi connectivity index (χ3v) is 10.4. The van der Waals surface area contributed by atoms with E-state index in [0.29, 0.717) is 35.7 Å². The largest absolute Gasteiger partial charge is 0.462 e. The summed E-state index contributed by atoms with van der Waals surface area (Å²) in [5, 5.41) is 11.5. The van der Waals surface area contributed by atoms with Crippen molar-refractivity contribution in [1.82, 2.24) is 0 Å². The highest BCUT2D eigenvalue weighted by Gasteiger charge is 2.72. The van der Waals surface area contributed by atoms with Gasteiger partial charge in [-0.1, -0.05) is 43.7 Å². The predicted octanol–water partition coefficient (Wildman–Crippen LogP) is 4.93. The van der Waals surface area contributed by atoms with Crippen molar-refractivity contribution < 1.29 is 24.2 Å². The number of carbonyl (C=O) groups is 2. The van der Waals surface area contributed by atoms with E-state index in [9.17, 15) is 14.7 Å². The monoisotopic (exact) mass is 464 g/mol. The van der Waals surface area contributed by atoms with Crippen LogP contribution < -0.4 is 0 Å². The number of benzene rings is 1. The number of aliphatic hydroxyl groups is 1. The minimum atomic E-state index is -0.487. The Bertz CT molecular complexity index is 1030. The zero-order valence-electron chi connectivity index (χ0n) is 20.4. The number of carbonyl (C=O) groups excluding carboxylic acids is 2. The van der Waals surface area contributed by atoms with Gasteiger partial charge in [0.25, 0.3) is 0 Å². The summed E-state index contributed by atoms with van der Waals surface area (Å²) in [5.74, 6) is 1.63. The van der Waals surface area contributed by atoms with Gasteiger partial charge in [0.1, 0.15) is 12.2 Å². The molecule has 6 rings (SSSR count). The standard InChI is InChI=1S/C29H36O5/c1-16(30)33-26-21-15-20(21)25-24-22(10-12-29(25,26)3)28(2)11-9-19(13-18(28)14-23(24)31)34-27(32)17-7-5-4-6-8-17/h4-8,14,19-26,31H,9-13,15H2,1-3H3/t19-,20+,21-,22-,23-,24-,25-,26-,28-,29-/m0/s1. The lowest BCUT2D eigenvalue weighted by Crippen LogP contribution is -2.56. The van der Waals surface area contributed by atoms with Gasteiger partial charge in [-0.25, -0.2) is 4.79 Å². The number of hydrogen-bond donors (Lipinski definition) is 1. The second-order valence-corrected chi connectivity index (χ2v) is 12.1. The van der Waals surface area contributed by atoms with Crippen molar-refractivity contribution in [3.05, 3.63) is 47.5 Å². The van der Waals surface area contributed by atoms with Crippen molar-refractivity contribution in [2.24, 2.45) is 40.4 Å². The van der Waals surface area contributed by atoms with Crippen LogP contribution in [0.5, 0.6) is 0 Å². The van der Waals surface area contributed by atoms with Crippen LogP contribution in [-0.4, -0.2) is 35.4 Å². The van der Waals surface area contributed by atoms with Gasteiger partial charge in [0.05, 0.1) is 11.7 Å². The van der Waals surface area contributed by atoms with Crippen molar-refractivity contribution in [3.63, 3.8) is 0 Å². The smallest absolute Gasteiger partial charge is 0.338 e. The quantitative estimate of drug-likeness (QED) is 0.507. The number of hydrogen-bond acceptors (Lipinski definition) is 5. The van der Waals surface area contributed by atoms with Crippen LogP contribution in [0.15, 0.2) is 42.0 Å². The minimum Gasteiger partial charge on any atom is -0.462 e. The van der Waals surface area contributed by atoms with Crippen LogP contribution in [0.3, 0.4) is 0 Å². The van der Waals surface area contributed by atoms with Gasteiger partial charge in [0, 0.05) is 18.8 Å². The van der Waals surface area contributed by atoms with E-state index in [1.165, 1.54) is 12.5 Å². The van der Waals surface area contributed by atoms with Crippen molar-refractivity contribution in [2.45, 2.75) is 77.6 Å². The fourth-order valence-corrected chi connectivity index (χ4v) is 8.80. The Kier molecular flexibility index (Phi) is 5.04. The molecular formula is C29H36O5. The number of rotatable bonds is 3. The zero-order chi connectivity index (χ0) is 23.8. The molecule has 1 aromatic rings. The molecule has 0 unspecified atom stereocenters. The van der Waals surface area contributed by atoms with Crippen molar-refractivity contribution in [2.75, 3.05) is 0 Å². The summed E-state index contributed by atoms with van der Waals surface area (Å²) in [6.07, 6.45) is 7.24.